The predicted octanol–water partition coefficient (Wildman–Crippen LogP) is 1.13. The van der Waals surface area contributed by atoms with Crippen molar-refractivity contribution in [3.63, 3.8) is 0 Å². The van der Waals surface area contributed by atoms with Gasteiger partial charge in [-0.1, -0.05) is 13.0 Å². The second-order valence-corrected chi connectivity index (χ2v) is 4.85. The Kier molecular flexibility index (Phi) is 3.29. The van der Waals surface area contributed by atoms with Crippen molar-refractivity contribution in [2.75, 3.05) is 19.9 Å². The highest BCUT2D eigenvalue weighted by atomic mass is 16.7. The van der Waals surface area contributed by atoms with Crippen LogP contribution >= 0.6 is 0 Å². The summed E-state index contributed by atoms with van der Waals surface area (Å²) in [5.41, 5.74) is 1.08. The van der Waals surface area contributed by atoms with Crippen LogP contribution in [0.3, 0.4) is 0 Å². The highest BCUT2D eigenvalue weighted by Crippen LogP contribution is 2.33. The maximum atomic E-state index is 12.1. The molecule has 1 saturated heterocycles. The number of carbonyl (C=O) groups is 1. The molecule has 0 spiro atoms. The van der Waals surface area contributed by atoms with E-state index in [2.05, 4.69) is 5.32 Å². The highest BCUT2D eigenvalue weighted by Gasteiger charge is 2.30. The molecule has 1 N–H and O–H groups in total. The topological polar surface area (TPSA) is 50.8 Å². The van der Waals surface area contributed by atoms with Gasteiger partial charge in [0.1, 0.15) is 0 Å². The molecule has 0 aliphatic carbocycles. The summed E-state index contributed by atoms with van der Waals surface area (Å²) in [5, 5.41) is 3.22. The Hall–Kier alpha value is -1.75. The summed E-state index contributed by atoms with van der Waals surface area (Å²) in [6.45, 7) is 4.58. The molecule has 2 aliphatic heterocycles. The molecule has 1 unspecified atom stereocenters. The first-order chi connectivity index (χ1) is 9.28. The lowest BCUT2D eigenvalue weighted by Gasteiger charge is -2.17. The van der Waals surface area contributed by atoms with Crippen molar-refractivity contribution in [3.8, 4) is 11.5 Å². The molecular formula is C14H18N2O3. The number of hydrogen-bond acceptors (Lipinski definition) is 4. The van der Waals surface area contributed by atoms with E-state index in [1.165, 1.54) is 0 Å². The Bertz CT molecular complexity index is 490. The van der Waals surface area contributed by atoms with Gasteiger partial charge in [-0.2, -0.15) is 0 Å². The quantitative estimate of drug-likeness (QED) is 0.883. The minimum atomic E-state index is -0.0148. The summed E-state index contributed by atoms with van der Waals surface area (Å²) in [6.07, 6.45) is 0.886. The number of ether oxygens (including phenoxy) is 2. The largest absolute Gasteiger partial charge is 0.454 e. The van der Waals surface area contributed by atoms with Crippen molar-refractivity contribution in [2.45, 2.75) is 25.9 Å². The van der Waals surface area contributed by atoms with Gasteiger partial charge in [0.25, 0.3) is 0 Å². The normalized spacial score (nSPS) is 21.2. The van der Waals surface area contributed by atoms with Gasteiger partial charge < -0.3 is 19.7 Å². The number of likely N-dealkylation sites (N-methyl/N-ethyl adjacent to an activating group) is 1. The SMILES string of the molecule is CCNC1CCN(Cc2ccc3c(c2)OCO3)C1=O. The van der Waals surface area contributed by atoms with Crippen LogP contribution in [0.2, 0.25) is 0 Å². The third-order valence-electron chi connectivity index (χ3n) is 3.56. The van der Waals surface area contributed by atoms with E-state index in [0.717, 1.165) is 36.6 Å². The molecule has 2 aliphatic rings. The molecule has 0 aromatic heterocycles. The van der Waals surface area contributed by atoms with E-state index in [9.17, 15) is 4.79 Å². The molecule has 0 bridgehead atoms. The third kappa shape index (κ3) is 2.38. The van der Waals surface area contributed by atoms with Gasteiger partial charge in [0.2, 0.25) is 12.7 Å². The van der Waals surface area contributed by atoms with Crippen molar-refractivity contribution in [1.29, 1.82) is 0 Å². The van der Waals surface area contributed by atoms with Crippen molar-refractivity contribution in [3.05, 3.63) is 23.8 Å². The van der Waals surface area contributed by atoms with Gasteiger partial charge in [0, 0.05) is 13.1 Å². The summed E-state index contributed by atoms with van der Waals surface area (Å²) in [6, 6.07) is 5.83. The molecule has 5 heteroatoms. The smallest absolute Gasteiger partial charge is 0.240 e. The maximum Gasteiger partial charge on any atom is 0.240 e. The number of hydrogen-bond donors (Lipinski definition) is 1. The van der Waals surface area contributed by atoms with Crippen LogP contribution in [0, 0.1) is 0 Å². The van der Waals surface area contributed by atoms with Crippen LogP contribution in [0.4, 0.5) is 0 Å². The number of benzene rings is 1. The zero-order valence-corrected chi connectivity index (χ0v) is 11.0. The first kappa shape index (κ1) is 12.3. The fourth-order valence-electron chi connectivity index (χ4n) is 2.59. The van der Waals surface area contributed by atoms with Crippen LogP contribution in [0.15, 0.2) is 18.2 Å². The number of nitrogens with one attached hydrogen (secondary N) is 1. The number of nitrogens with zero attached hydrogens (tertiary/aromatic N) is 1. The second kappa shape index (κ2) is 5.09. The Morgan fingerprint density at radius 3 is 3.05 bits per heavy atom. The first-order valence-corrected chi connectivity index (χ1v) is 6.68. The highest BCUT2D eigenvalue weighted by molar-refractivity contribution is 5.84. The molecule has 1 amide bonds. The summed E-state index contributed by atoms with van der Waals surface area (Å²) in [4.78, 5) is 14.0. The molecule has 0 saturated carbocycles. The molecule has 1 fully saturated rings. The lowest BCUT2D eigenvalue weighted by atomic mass is 10.2. The summed E-state index contributed by atoms with van der Waals surface area (Å²) in [7, 11) is 0. The lowest BCUT2D eigenvalue weighted by Crippen LogP contribution is -2.37. The van der Waals surface area contributed by atoms with Gasteiger partial charge in [-0.3, -0.25) is 4.79 Å². The Morgan fingerprint density at radius 2 is 2.21 bits per heavy atom. The molecule has 102 valence electrons. The minimum Gasteiger partial charge on any atom is -0.454 e. The van der Waals surface area contributed by atoms with Crippen LogP contribution in [-0.2, 0) is 11.3 Å². The first-order valence-electron chi connectivity index (χ1n) is 6.68. The van der Waals surface area contributed by atoms with Crippen molar-refractivity contribution in [2.24, 2.45) is 0 Å². The van der Waals surface area contributed by atoms with Gasteiger partial charge in [0.15, 0.2) is 11.5 Å². The Balaban J connectivity index is 1.67. The van der Waals surface area contributed by atoms with Crippen LogP contribution in [0.1, 0.15) is 18.9 Å². The van der Waals surface area contributed by atoms with Crippen LogP contribution in [0.5, 0.6) is 11.5 Å². The maximum absolute atomic E-state index is 12.1. The van der Waals surface area contributed by atoms with E-state index >= 15 is 0 Å². The Labute approximate surface area is 112 Å². The number of rotatable bonds is 4. The number of carbonyl (C=O) groups excluding carboxylic acids is 1. The molecule has 2 heterocycles. The zero-order chi connectivity index (χ0) is 13.2. The molecule has 3 rings (SSSR count). The van der Waals surface area contributed by atoms with E-state index in [1.54, 1.807) is 0 Å². The van der Waals surface area contributed by atoms with E-state index < -0.39 is 0 Å². The van der Waals surface area contributed by atoms with Crippen molar-refractivity contribution in [1.82, 2.24) is 10.2 Å². The minimum absolute atomic E-state index is 0.0148. The summed E-state index contributed by atoms with van der Waals surface area (Å²) in [5.74, 6) is 1.74. The van der Waals surface area contributed by atoms with Gasteiger partial charge in [0.05, 0.1) is 6.04 Å². The average Bonchev–Trinajstić information content (AvgIpc) is 3.00. The molecule has 1 atom stereocenters. The van der Waals surface area contributed by atoms with Crippen molar-refractivity contribution < 1.29 is 14.3 Å². The molecule has 1 aromatic carbocycles. The van der Waals surface area contributed by atoms with Gasteiger partial charge in [-0.15, -0.1) is 0 Å². The van der Waals surface area contributed by atoms with Crippen LogP contribution < -0.4 is 14.8 Å². The van der Waals surface area contributed by atoms with E-state index in [0.29, 0.717) is 6.54 Å². The van der Waals surface area contributed by atoms with E-state index in [-0.39, 0.29) is 18.7 Å². The van der Waals surface area contributed by atoms with Gasteiger partial charge in [-0.05, 0) is 30.7 Å². The predicted molar refractivity (Wildman–Crippen MR) is 70.1 cm³/mol. The van der Waals surface area contributed by atoms with E-state index in [4.69, 9.17) is 9.47 Å². The molecular weight excluding hydrogens is 244 g/mol. The van der Waals surface area contributed by atoms with Gasteiger partial charge >= 0.3 is 0 Å². The number of likely N-dealkylation sites (tertiary alicyclic amines) is 1. The van der Waals surface area contributed by atoms with Crippen LogP contribution in [-0.4, -0.2) is 36.7 Å². The third-order valence-corrected chi connectivity index (χ3v) is 3.56. The lowest BCUT2D eigenvalue weighted by molar-refractivity contribution is -0.129. The number of fused-ring (bicyclic) bond motifs is 1. The molecule has 1 aromatic rings. The summed E-state index contributed by atoms with van der Waals surface area (Å²) < 4.78 is 10.6. The fraction of sp³-hybridized carbons (Fsp3) is 0.500. The zero-order valence-electron chi connectivity index (χ0n) is 11.0. The van der Waals surface area contributed by atoms with E-state index in [1.807, 2.05) is 30.0 Å². The van der Waals surface area contributed by atoms with Gasteiger partial charge in [-0.25, -0.2) is 0 Å². The van der Waals surface area contributed by atoms with Crippen molar-refractivity contribution >= 4 is 5.91 Å². The monoisotopic (exact) mass is 262 g/mol. The number of amides is 1. The average molecular weight is 262 g/mol. The van der Waals surface area contributed by atoms with Crippen LogP contribution in [0.25, 0.3) is 0 Å². The standard InChI is InChI=1S/C14H18N2O3/c1-2-15-11-5-6-16(14(11)17)8-10-3-4-12-13(7-10)19-9-18-12/h3-4,7,11,15H,2,5-6,8-9H2,1H3. The second-order valence-electron chi connectivity index (χ2n) is 4.85. The summed E-state index contributed by atoms with van der Waals surface area (Å²) >= 11 is 0. The molecule has 5 nitrogen and oxygen atoms in total. The Morgan fingerprint density at radius 1 is 1.37 bits per heavy atom. The molecule has 19 heavy (non-hydrogen) atoms. The fourth-order valence-corrected chi connectivity index (χ4v) is 2.59. The molecule has 0 radical (unpaired) electrons.